The van der Waals surface area contributed by atoms with E-state index in [9.17, 15) is 13.6 Å². The van der Waals surface area contributed by atoms with Crippen LogP contribution < -0.4 is 5.73 Å². The minimum absolute atomic E-state index is 0.0579. The molecule has 1 saturated heterocycles. The number of halogens is 2. The van der Waals surface area contributed by atoms with E-state index in [0.717, 1.165) is 0 Å². The second-order valence-corrected chi connectivity index (χ2v) is 3.23. The molecule has 1 unspecified atom stereocenters. The van der Waals surface area contributed by atoms with Crippen LogP contribution in [0, 0.1) is 5.92 Å². The fourth-order valence-electron chi connectivity index (χ4n) is 1.35. The Morgan fingerprint density at radius 2 is 2.25 bits per heavy atom. The average Bonchev–Trinajstić information content (AvgIpc) is 1.94. The van der Waals surface area contributed by atoms with Crippen LogP contribution >= 0.6 is 0 Å². The Morgan fingerprint density at radius 3 is 2.67 bits per heavy atom. The van der Waals surface area contributed by atoms with Gasteiger partial charge in [0.15, 0.2) is 0 Å². The lowest BCUT2D eigenvalue weighted by Gasteiger charge is -2.34. The number of alkyl halides is 2. The van der Waals surface area contributed by atoms with Gasteiger partial charge in [-0.2, -0.15) is 0 Å². The molecule has 5 heteroatoms. The minimum Gasteiger partial charge on any atom is -0.369 e. The Kier molecular flexibility index (Phi) is 2.32. The van der Waals surface area contributed by atoms with Crippen molar-refractivity contribution in [2.45, 2.75) is 12.3 Å². The van der Waals surface area contributed by atoms with Crippen molar-refractivity contribution in [3.63, 3.8) is 0 Å². The number of amides is 1. The highest BCUT2D eigenvalue weighted by Crippen LogP contribution is 2.32. The number of hydrogen-bond acceptors (Lipinski definition) is 2. The van der Waals surface area contributed by atoms with Gasteiger partial charge in [-0.1, -0.05) is 0 Å². The fraction of sp³-hybridized carbons (Fsp3) is 0.857. The molecule has 1 rings (SSSR count). The van der Waals surface area contributed by atoms with Crippen molar-refractivity contribution in [2.75, 3.05) is 20.1 Å². The van der Waals surface area contributed by atoms with Gasteiger partial charge in [0.25, 0.3) is 5.92 Å². The number of rotatable bonds is 1. The topological polar surface area (TPSA) is 46.3 Å². The van der Waals surface area contributed by atoms with Gasteiger partial charge in [0.2, 0.25) is 5.91 Å². The van der Waals surface area contributed by atoms with Gasteiger partial charge in [-0.05, 0) is 7.05 Å². The molecule has 0 aromatic carbocycles. The summed E-state index contributed by atoms with van der Waals surface area (Å²) >= 11 is 0. The van der Waals surface area contributed by atoms with Crippen LogP contribution in [0.25, 0.3) is 0 Å². The second-order valence-electron chi connectivity index (χ2n) is 3.23. The zero-order chi connectivity index (χ0) is 9.35. The number of nitrogens with two attached hydrogens (primary N) is 1. The highest BCUT2D eigenvalue weighted by Gasteiger charge is 2.46. The molecule has 1 aliphatic rings. The first-order valence-electron chi connectivity index (χ1n) is 3.79. The molecule has 12 heavy (non-hydrogen) atoms. The molecular formula is C7H12F2N2O. The summed E-state index contributed by atoms with van der Waals surface area (Å²) in [5.74, 6) is -5.15. The quantitative estimate of drug-likeness (QED) is 0.617. The Balaban J connectivity index is 2.72. The first-order chi connectivity index (χ1) is 5.43. The smallest absolute Gasteiger partial charge is 0.262 e. The maximum Gasteiger partial charge on any atom is 0.262 e. The average molecular weight is 178 g/mol. The van der Waals surface area contributed by atoms with Gasteiger partial charge >= 0.3 is 0 Å². The third kappa shape index (κ3) is 1.72. The highest BCUT2D eigenvalue weighted by molar-refractivity contribution is 5.78. The van der Waals surface area contributed by atoms with Crippen LogP contribution in [0.4, 0.5) is 8.78 Å². The first-order valence-corrected chi connectivity index (χ1v) is 3.79. The van der Waals surface area contributed by atoms with Gasteiger partial charge in [-0.15, -0.1) is 0 Å². The molecule has 1 amide bonds. The summed E-state index contributed by atoms with van der Waals surface area (Å²) in [5.41, 5.74) is 4.86. The van der Waals surface area contributed by atoms with Crippen molar-refractivity contribution in [3.8, 4) is 0 Å². The van der Waals surface area contributed by atoms with E-state index in [-0.39, 0.29) is 13.0 Å². The summed E-state index contributed by atoms with van der Waals surface area (Å²) in [5, 5.41) is 0. The number of carbonyl (C=O) groups excluding carboxylic acids is 1. The molecular weight excluding hydrogens is 166 g/mol. The Labute approximate surface area is 69.5 Å². The zero-order valence-electron chi connectivity index (χ0n) is 6.89. The van der Waals surface area contributed by atoms with Crippen LogP contribution in [0.2, 0.25) is 0 Å². The maximum absolute atomic E-state index is 13.0. The van der Waals surface area contributed by atoms with Crippen molar-refractivity contribution >= 4 is 5.91 Å². The first kappa shape index (κ1) is 9.38. The van der Waals surface area contributed by atoms with Crippen LogP contribution in [-0.4, -0.2) is 36.9 Å². The molecule has 2 N–H and O–H groups in total. The van der Waals surface area contributed by atoms with E-state index in [0.29, 0.717) is 6.54 Å². The van der Waals surface area contributed by atoms with E-state index >= 15 is 0 Å². The van der Waals surface area contributed by atoms with E-state index in [1.54, 1.807) is 11.9 Å². The highest BCUT2D eigenvalue weighted by atomic mass is 19.3. The molecule has 0 bridgehead atoms. The molecule has 0 aliphatic carbocycles. The monoisotopic (exact) mass is 178 g/mol. The van der Waals surface area contributed by atoms with E-state index < -0.39 is 17.7 Å². The van der Waals surface area contributed by atoms with E-state index in [2.05, 4.69) is 0 Å². The Hall–Kier alpha value is -0.710. The predicted molar refractivity (Wildman–Crippen MR) is 39.7 cm³/mol. The number of piperidine rings is 1. The second kappa shape index (κ2) is 2.97. The molecule has 0 aromatic rings. The van der Waals surface area contributed by atoms with Crippen molar-refractivity contribution in [1.29, 1.82) is 0 Å². The zero-order valence-corrected chi connectivity index (χ0v) is 6.89. The van der Waals surface area contributed by atoms with Gasteiger partial charge in [0.05, 0.1) is 0 Å². The van der Waals surface area contributed by atoms with Crippen LogP contribution in [0.15, 0.2) is 0 Å². The predicted octanol–water partition coefficient (Wildman–Crippen LogP) is 0.0587. The molecule has 0 spiro atoms. The Morgan fingerprint density at radius 1 is 1.67 bits per heavy atom. The summed E-state index contributed by atoms with van der Waals surface area (Å²) < 4.78 is 25.9. The summed E-state index contributed by atoms with van der Waals surface area (Å²) in [6.45, 7) is 0.374. The van der Waals surface area contributed by atoms with E-state index in [1.165, 1.54) is 0 Å². The lowest BCUT2D eigenvalue weighted by Crippen LogP contribution is -2.51. The lowest BCUT2D eigenvalue weighted by atomic mass is 9.93. The van der Waals surface area contributed by atoms with Crippen molar-refractivity contribution in [3.05, 3.63) is 0 Å². The number of primary amides is 1. The van der Waals surface area contributed by atoms with Crippen LogP contribution in [0.5, 0.6) is 0 Å². The summed E-state index contributed by atoms with van der Waals surface area (Å²) in [4.78, 5) is 12.3. The van der Waals surface area contributed by atoms with Crippen LogP contribution in [0.1, 0.15) is 6.42 Å². The molecule has 1 aliphatic heterocycles. The third-order valence-corrected chi connectivity index (χ3v) is 2.17. The SMILES string of the molecule is CN1CCC(F)(F)C(C(N)=O)C1. The third-order valence-electron chi connectivity index (χ3n) is 2.17. The van der Waals surface area contributed by atoms with Crippen molar-refractivity contribution in [1.82, 2.24) is 4.90 Å². The molecule has 0 saturated carbocycles. The van der Waals surface area contributed by atoms with Gasteiger partial charge < -0.3 is 10.6 Å². The fourth-order valence-corrected chi connectivity index (χ4v) is 1.35. The van der Waals surface area contributed by atoms with Crippen LogP contribution in [0.3, 0.4) is 0 Å². The van der Waals surface area contributed by atoms with E-state index in [4.69, 9.17) is 5.73 Å². The summed E-state index contributed by atoms with van der Waals surface area (Å²) in [7, 11) is 1.70. The molecule has 70 valence electrons. The van der Waals surface area contributed by atoms with Crippen molar-refractivity contribution in [2.24, 2.45) is 11.7 Å². The van der Waals surface area contributed by atoms with Gasteiger partial charge in [0, 0.05) is 19.5 Å². The summed E-state index contributed by atoms with van der Waals surface area (Å²) in [6.07, 6.45) is -0.281. The molecule has 0 aromatic heterocycles. The van der Waals surface area contributed by atoms with Gasteiger partial charge in [-0.25, -0.2) is 8.78 Å². The molecule has 1 atom stereocenters. The number of hydrogen-bond donors (Lipinski definition) is 1. The van der Waals surface area contributed by atoms with Gasteiger partial charge in [-0.3, -0.25) is 4.79 Å². The molecule has 1 fully saturated rings. The number of carbonyl (C=O) groups is 1. The minimum atomic E-state index is -2.92. The molecule has 0 radical (unpaired) electrons. The largest absolute Gasteiger partial charge is 0.369 e. The molecule has 1 heterocycles. The van der Waals surface area contributed by atoms with Crippen molar-refractivity contribution < 1.29 is 13.6 Å². The standard InChI is InChI=1S/C7H12F2N2O/c1-11-3-2-7(8,9)5(4-11)6(10)12/h5H,2-4H2,1H3,(H2,10,12). The number of likely N-dealkylation sites (tertiary alicyclic amines) is 1. The van der Waals surface area contributed by atoms with Gasteiger partial charge in [0.1, 0.15) is 5.92 Å². The summed E-state index contributed by atoms with van der Waals surface area (Å²) in [6, 6.07) is 0. The maximum atomic E-state index is 13.0. The molecule has 3 nitrogen and oxygen atoms in total. The Bertz CT molecular complexity index is 196. The number of nitrogens with zero attached hydrogens (tertiary/aromatic N) is 1. The van der Waals surface area contributed by atoms with Crippen LogP contribution in [-0.2, 0) is 4.79 Å². The lowest BCUT2D eigenvalue weighted by molar-refractivity contribution is -0.146. The normalized spacial score (nSPS) is 30.1. The van der Waals surface area contributed by atoms with E-state index in [1.807, 2.05) is 0 Å².